The zero-order chi connectivity index (χ0) is 21.4. The summed E-state index contributed by atoms with van der Waals surface area (Å²) in [5.41, 5.74) is 1.18. The normalized spacial score (nSPS) is 17.9. The fourth-order valence-electron chi connectivity index (χ4n) is 3.76. The molecule has 3 aromatic heterocycles. The number of sulfonamides is 1. The highest BCUT2D eigenvalue weighted by molar-refractivity contribution is 7.89. The largest absolute Gasteiger partial charge is 0.417 e. The minimum atomic E-state index is -3.72. The van der Waals surface area contributed by atoms with E-state index in [1.807, 2.05) is 0 Å². The molecule has 0 amide bonds. The molecule has 160 valence electrons. The molecule has 4 heterocycles. The Balaban J connectivity index is 1.32. The molecule has 1 N–H and O–H groups in total. The summed E-state index contributed by atoms with van der Waals surface area (Å²) in [5.74, 6) is 0.201. The smallest absolute Gasteiger partial charge is 0.408 e. The zero-order valence-electron chi connectivity index (χ0n) is 16.3. The first-order valence-electron chi connectivity index (χ1n) is 9.71. The van der Waals surface area contributed by atoms with Crippen molar-refractivity contribution < 1.29 is 17.4 Å². The highest BCUT2D eigenvalue weighted by Gasteiger charge is 2.31. The molecule has 0 radical (unpaired) electrons. The van der Waals surface area contributed by atoms with Crippen molar-refractivity contribution in [3.63, 3.8) is 0 Å². The van der Waals surface area contributed by atoms with E-state index in [-0.39, 0.29) is 10.8 Å². The van der Waals surface area contributed by atoms with Crippen LogP contribution in [-0.4, -0.2) is 50.9 Å². The highest BCUT2D eigenvalue weighted by atomic mass is 32.2. The van der Waals surface area contributed by atoms with Gasteiger partial charge in [-0.25, -0.2) is 18.2 Å². The molecular weight excluding hydrogens is 424 g/mol. The molecule has 11 nitrogen and oxygen atoms in total. The van der Waals surface area contributed by atoms with Crippen molar-refractivity contribution in [1.29, 1.82) is 0 Å². The van der Waals surface area contributed by atoms with Gasteiger partial charge in [0.2, 0.25) is 21.7 Å². The Morgan fingerprint density at radius 2 is 2.16 bits per heavy atom. The number of piperidine rings is 1. The number of nitrogens with one attached hydrogen (secondary N) is 1. The summed E-state index contributed by atoms with van der Waals surface area (Å²) in [5, 5.41) is 3.94. The molecule has 12 heteroatoms. The van der Waals surface area contributed by atoms with Gasteiger partial charge < -0.3 is 8.94 Å². The Hall–Kier alpha value is -3.38. The van der Waals surface area contributed by atoms with E-state index in [0.717, 1.165) is 12.8 Å². The van der Waals surface area contributed by atoms with Crippen molar-refractivity contribution in [1.82, 2.24) is 29.4 Å². The lowest BCUT2D eigenvalue weighted by Crippen LogP contribution is -2.40. The van der Waals surface area contributed by atoms with Crippen LogP contribution in [-0.2, 0) is 16.4 Å². The van der Waals surface area contributed by atoms with E-state index in [2.05, 4.69) is 25.1 Å². The zero-order valence-corrected chi connectivity index (χ0v) is 17.1. The fraction of sp³-hybridized carbons (Fsp3) is 0.316. The fourth-order valence-corrected chi connectivity index (χ4v) is 5.34. The Morgan fingerprint density at radius 3 is 3.00 bits per heavy atom. The summed E-state index contributed by atoms with van der Waals surface area (Å²) >= 11 is 0. The quantitative estimate of drug-likeness (QED) is 0.486. The van der Waals surface area contributed by atoms with Crippen LogP contribution < -0.4 is 5.76 Å². The topological polar surface area (TPSA) is 148 Å². The van der Waals surface area contributed by atoms with E-state index in [1.54, 1.807) is 18.6 Å². The third-order valence-corrected chi connectivity index (χ3v) is 7.09. The summed E-state index contributed by atoms with van der Waals surface area (Å²) < 4.78 is 38.1. The Morgan fingerprint density at radius 1 is 1.26 bits per heavy atom. The molecule has 5 rings (SSSR count). The maximum atomic E-state index is 13.2. The van der Waals surface area contributed by atoms with Crippen LogP contribution >= 0.6 is 0 Å². The number of nitrogens with zero attached hydrogens (tertiary/aromatic N) is 5. The van der Waals surface area contributed by atoms with Gasteiger partial charge in [0.25, 0.3) is 0 Å². The van der Waals surface area contributed by atoms with Gasteiger partial charge in [-0.1, -0.05) is 5.16 Å². The van der Waals surface area contributed by atoms with Crippen LogP contribution in [0.25, 0.3) is 22.6 Å². The molecule has 0 bridgehead atoms. The van der Waals surface area contributed by atoms with Crippen molar-refractivity contribution in [2.24, 2.45) is 5.92 Å². The molecule has 0 saturated carbocycles. The van der Waals surface area contributed by atoms with Crippen LogP contribution in [0.3, 0.4) is 0 Å². The second-order valence-electron chi connectivity index (χ2n) is 7.35. The average molecular weight is 442 g/mol. The second kappa shape index (κ2) is 7.71. The van der Waals surface area contributed by atoms with Crippen molar-refractivity contribution in [3.8, 4) is 11.5 Å². The van der Waals surface area contributed by atoms with Gasteiger partial charge in [0.1, 0.15) is 5.69 Å². The third-order valence-electron chi connectivity index (χ3n) is 5.23. The van der Waals surface area contributed by atoms with Gasteiger partial charge in [-0.15, -0.1) is 0 Å². The van der Waals surface area contributed by atoms with E-state index in [1.165, 1.54) is 22.5 Å². The number of aromatic nitrogens is 5. The molecule has 31 heavy (non-hydrogen) atoms. The number of oxazole rings is 1. The first kappa shape index (κ1) is 19.6. The molecular formula is C19H18N6O5S. The van der Waals surface area contributed by atoms with E-state index in [4.69, 9.17) is 8.94 Å². The van der Waals surface area contributed by atoms with E-state index < -0.39 is 15.8 Å². The van der Waals surface area contributed by atoms with E-state index in [9.17, 15) is 13.2 Å². The lowest BCUT2D eigenvalue weighted by molar-refractivity contribution is 0.247. The highest BCUT2D eigenvalue weighted by Crippen LogP contribution is 2.27. The number of H-pyrrole nitrogens is 1. The molecule has 0 aliphatic carbocycles. The third kappa shape index (κ3) is 3.86. The molecule has 4 aromatic rings. The summed E-state index contributed by atoms with van der Waals surface area (Å²) in [6, 6.07) is 4.35. The van der Waals surface area contributed by atoms with Gasteiger partial charge in [0, 0.05) is 31.9 Å². The van der Waals surface area contributed by atoms with Gasteiger partial charge >= 0.3 is 5.76 Å². The van der Waals surface area contributed by atoms with Gasteiger partial charge in [-0.2, -0.15) is 9.29 Å². The number of rotatable bonds is 5. The molecule has 0 unspecified atom stereocenters. The molecule has 1 aliphatic heterocycles. The van der Waals surface area contributed by atoms with Crippen LogP contribution in [0.2, 0.25) is 0 Å². The number of benzene rings is 1. The summed E-state index contributed by atoms with van der Waals surface area (Å²) in [6.07, 6.45) is 6.69. The van der Waals surface area contributed by atoms with Gasteiger partial charge in [-0.3, -0.25) is 9.97 Å². The Kier molecular flexibility index (Phi) is 4.87. The lowest BCUT2D eigenvalue weighted by atomic mass is 9.96. The predicted molar refractivity (Wildman–Crippen MR) is 107 cm³/mol. The predicted octanol–water partition coefficient (Wildman–Crippen LogP) is 1.60. The second-order valence-corrected chi connectivity index (χ2v) is 9.29. The van der Waals surface area contributed by atoms with Gasteiger partial charge in [0.05, 0.1) is 16.6 Å². The van der Waals surface area contributed by atoms with Crippen LogP contribution in [0.4, 0.5) is 0 Å². The average Bonchev–Trinajstić information content (AvgIpc) is 3.39. The first-order chi connectivity index (χ1) is 15.0. The SMILES string of the molecule is O=c1[nH]c2cc(S(=O)(=O)N3CCC[C@@H](Cc4nc(-c5cnccn5)no4)C3)ccc2o1. The Labute approximate surface area is 176 Å². The van der Waals surface area contributed by atoms with Crippen LogP contribution in [0.1, 0.15) is 18.7 Å². The number of hydrogen-bond donors (Lipinski definition) is 1. The number of hydrogen-bond acceptors (Lipinski definition) is 9. The summed E-state index contributed by atoms with van der Waals surface area (Å²) in [4.78, 5) is 26.5. The van der Waals surface area contributed by atoms with Gasteiger partial charge in [-0.05, 0) is 37.0 Å². The van der Waals surface area contributed by atoms with Crippen LogP contribution in [0.15, 0.2) is 55.4 Å². The maximum Gasteiger partial charge on any atom is 0.417 e. The lowest BCUT2D eigenvalue weighted by Gasteiger charge is -2.31. The number of fused-ring (bicyclic) bond motifs is 1. The van der Waals surface area contributed by atoms with Crippen LogP contribution in [0.5, 0.6) is 0 Å². The molecule has 1 atom stereocenters. The number of aromatic amines is 1. The van der Waals surface area contributed by atoms with Crippen molar-refractivity contribution >= 4 is 21.1 Å². The molecule has 1 saturated heterocycles. The summed E-state index contributed by atoms with van der Waals surface area (Å²) in [7, 11) is -3.72. The van der Waals surface area contributed by atoms with Gasteiger partial charge in [0.15, 0.2) is 5.58 Å². The van der Waals surface area contributed by atoms with Crippen molar-refractivity contribution in [2.45, 2.75) is 24.2 Å². The molecule has 1 aromatic carbocycles. The molecule has 1 aliphatic rings. The molecule has 1 fully saturated rings. The van der Waals surface area contributed by atoms with Crippen molar-refractivity contribution in [3.05, 3.63) is 53.2 Å². The first-order valence-corrected chi connectivity index (χ1v) is 11.1. The van der Waals surface area contributed by atoms with Crippen LogP contribution in [0, 0.1) is 5.92 Å². The summed E-state index contributed by atoms with van der Waals surface area (Å²) in [6.45, 7) is 0.762. The van der Waals surface area contributed by atoms with E-state index >= 15 is 0 Å². The molecule has 0 spiro atoms. The Bertz CT molecular complexity index is 1380. The minimum absolute atomic E-state index is 0.0381. The van der Waals surface area contributed by atoms with E-state index in [0.29, 0.717) is 48.0 Å². The minimum Gasteiger partial charge on any atom is -0.408 e. The maximum absolute atomic E-state index is 13.2. The van der Waals surface area contributed by atoms with Crippen molar-refractivity contribution in [2.75, 3.05) is 13.1 Å². The monoisotopic (exact) mass is 442 g/mol. The standard InChI is InChI=1S/C19H18N6O5S/c26-19-22-14-9-13(3-4-16(14)29-19)31(27,28)25-7-1-2-12(11-25)8-17-23-18(24-30-17)15-10-20-5-6-21-15/h3-6,9-10,12H,1-2,7-8,11H2,(H,22,26)/t12-/m0/s1.